The van der Waals surface area contributed by atoms with Crippen molar-refractivity contribution in [2.45, 2.75) is 18.9 Å². The van der Waals surface area contributed by atoms with Crippen LogP contribution in [0.5, 0.6) is 0 Å². The molecule has 1 atom stereocenters. The minimum absolute atomic E-state index is 0.103. The molecule has 9 heteroatoms. The summed E-state index contributed by atoms with van der Waals surface area (Å²) in [4.78, 5) is 33.3. The first kappa shape index (κ1) is 17.1. The number of halogens is 2. The predicted molar refractivity (Wildman–Crippen MR) is 78.5 cm³/mol. The topological polar surface area (TPSA) is 122 Å². The van der Waals surface area contributed by atoms with Crippen LogP contribution in [0.25, 0.3) is 0 Å². The van der Waals surface area contributed by atoms with Gasteiger partial charge in [-0.2, -0.15) is 0 Å². The molecule has 0 aromatic heterocycles. The molecule has 1 aromatic carbocycles. The summed E-state index contributed by atoms with van der Waals surface area (Å²) in [5.41, 5.74) is 5.25. The zero-order valence-corrected chi connectivity index (χ0v) is 12.2. The summed E-state index contributed by atoms with van der Waals surface area (Å²) in [6.45, 7) is 0. The van der Waals surface area contributed by atoms with Gasteiger partial charge in [0.15, 0.2) is 0 Å². The van der Waals surface area contributed by atoms with Crippen LogP contribution in [0.3, 0.4) is 0 Å². The molecule has 0 saturated heterocycles. The van der Waals surface area contributed by atoms with Crippen LogP contribution < -0.4 is 16.4 Å². The maximum absolute atomic E-state index is 11.7. The lowest BCUT2D eigenvalue weighted by atomic mass is 10.1. The number of hydrogen-bond acceptors (Lipinski definition) is 3. The van der Waals surface area contributed by atoms with Crippen LogP contribution in [-0.2, 0) is 9.59 Å². The van der Waals surface area contributed by atoms with E-state index in [2.05, 4.69) is 10.6 Å². The second kappa shape index (κ2) is 7.70. The average molecular weight is 334 g/mol. The summed E-state index contributed by atoms with van der Waals surface area (Å²) in [6.07, 6.45) is -0.255. The van der Waals surface area contributed by atoms with E-state index in [1.807, 2.05) is 0 Å². The molecule has 0 saturated carbocycles. The molecule has 114 valence electrons. The normalized spacial score (nSPS) is 11.5. The van der Waals surface area contributed by atoms with Gasteiger partial charge in [0.05, 0.1) is 0 Å². The fourth-order valence-electron chi connectivity index (χ4n) is 1.50. The summed E-state index contributed by atoms with van der Waals surface area (Å²) < 4.78 is 0. The molecule has 0 unspecified atom stereocenters. The standard InChI is InChI=1S/C12H13Cl2N3O4/c13-6-3-7(14)5-8(4-6)16-12(21)17-9(11(19)20)1-2-10(15)18/h3-5,9H,1-2H2,(H2,15,18)(H,19,20)(H2,16,17,21)/t9-/m1/s1. The molecule has 7 nitrogen and oxygen atoms in total. The number of hydrogen-bond donors (Lipinski definition) is 4. The van der Waals surface area contributed by atoms with Gasteiger partial charge in [-0.15, -0.1) is 0 Å². The molecule has 0 fully saturated rings. The summed E-state index contributed by atoms with van der Waals surface area (Å²) in [5, 5.41) is 14.2. The maximum Gasteiger partial charge on any atom is 0.326 e. The number of carbonyl (C=O) groups is 3. The van der Waals surface area contributed by atoms with E-state index in [0.29, 0.717) is 15.7 Å². The molecule has 0 heterocycles. The minimum Gasteiger partial charge on any atom is -0.480 e. The molecular formula is C12H13Cl2N3O4. The van der Waals surface area contributed by atoms with Crippen LogP contribution >= 0.6 is 23.2 Å². The van der Waals surface area contributed by atoms with Crippen molar-refractivity contribution in [1.82, 2.24) is 5.32 Å². The number of nitrogens with two attached hydrogens (primary N) is 1. The van der Waals surface area contributed by atoms with E-state index in [1.54, 1.807) is 0 Å². The predicted octanol–water partition coefficient (Wildman–Crippen LogP) is 1.83. The molecule has 0 aliphatic rings. The monoisotopic (exact) mass is 333 g/mol. The van der Waals surface area contributed by atoms with E-state index < -0.39 is 23.9 Å². The second-order valence-electron chi connectivity index (χ2n) is 4.15. The van der Waals surface area contributed by atoms with Gasteiger partial charge in [-0.1, -0.05) is 23.2 Å². The molecule has 0 radical (unpaired) electrons. The maximum atomic E-state index is 11.7. The van der Waals surface area contributed by atoms with E-state index >= 15 is 0 Å². The van der Waals surface area contributed by atoms with Crippen LogP contribution in [0, 0.1) is 0 Å². The lowest BCUT2D eigenvalue weighted by molar-refractivity contribution is -0.139. The number of carboxylic acid groups (broad SMARTS) is 1. The van der Waals surface area contributed by atoms with Crippen molar-refractivity contribution in [3.05, 3.63) is 28.2 Å². The Balaban J connectivity index is 2.65. The Labute approximate surface area is 130 Å². The fourth-order valence-corrected chi connectivity index (χ4v) is 2.02. The van der Waals surface area contributed by atoms with E-state index in [1.165, 1.54) is 18.2 Å². The molecule has 1 rings (SSSR count). The molecule has 1 aromatic rings. The molecule has 5 N–H and O–H groups in total. The first-order valence-electron chi connectivity index (χ1n) is 5.82. The molecule has 0 bridgehead atoms. The van der Waals surface area contributed by atoms with Gasteiger partial charge in [-0.05, 0) is 24.6 Å². The summed E-state index contributed by atoms with van der Waals surface area (Å²) in [5.74, 6) is -1.92. The van der Waals surface area contributed by atoms with Crippen LogP contribution in [0.2, 0.25) is 10.0 Å². The number of primary amides is 1. The van der Waals surface area contributed by atoms with E-state index in [9.17, 15) is 14.4 Å². The lowest BCUT2D eigenvalue weighted by Gasteiger charge is -2.14. The Kier molecular flexibility index (Phi) is 6.26. The SMILES string of the molecule is NC(=O)CC[C@@H](NC(=O)Nc1cc(Cl)cc(Cl)c1)C(=O)O. The quantitative estimate of drug-likeness (QED) is 0.634. The smallest absolute Gasteiger partial charge is 0.326 e. The van der Waals surface area contributed by atoms with Crippen molar-refractivity contribution in [2.75, 3.05) is 5.32 Å². The van der Waals surface area contributed by atoms with Crippen LogP contribution in [-0.4, -0.2) is 29.1 Å². The van der Waals surface area contributed by atoms with Crippen molar-refractivity contribution in [1.29, 1.82) is 0 Å². The summed E-state index contributed by atoms with van der Waals surface area (Å²) in [7, 11) is 0. The number of anilines is 1. The first-order valence-corrected chi connectivity index (χ1v) is 6.58. The van der Waals surface area contributed by atoms with Crippen LogP contribution in [0.4, 0.5) is 10.5 Å². The molecular weight excluding hydrogens is 321 g/mol. The molecule has 21 heavy (non-hydrogen) atoms. The van der Waals surface area contributed by atoms with Crippen molar-refractivity contribution in [2.24, 2.45) is 5.73 Å². The van der Waals surface area contributed by atoms with Gasteiger partial charge in [0.25, 0.3) is 0 Å². The van der Waals surface area contributed by atoms with Gasteiger partial charge in [0.1, 0.15) is 6.04 Å². The third kappa shape index (κ3) is 6.33. The van der Waals surface area contributed by atoms with Gasteiger partial charge in [-0.25, -0.2) is 9.59 Å². The highest BCUT2D eigenvalue weighted by molar-refractivity contribution is 6.35. The largest absolute Gasteiger partial charge is 0.480 e. The number of urea groups is 1. The van der Waals surface area contributed by atoms with Gasteiger partial charge in [0, 0.05) is 22.2 Å². The Morgan fingerprint density at radius 1 is 1.19 bits per heavy atom. The Morgan fingerprint density at radius 2 is 1.76 bits per heavy atom. The van der Waals surface area contributed by atoms with Crippen LogP contribution in [0.15, 0.2) is 18.2 Å². The number of rotatable bonds is 6. The van der Waals surface area contributed by atoms with E-state index in [-0.39, 0.29) is 12.8 Å². The highest BCUT2D eigenvalue weighted by Crippen LogP contribution is 2.22. The Morgan fingerprint density at radius 3 is 2.24 bits per heavy atom. The van der Waals surface area contributed by atoms with Crippen LogP contribution in [0.1, 0.15) is 12.8 Å². The van der Waals surface area contributed by atoms with Crippen molar-refractivity contribution in [3.8, 4) is 0 Å². The number of carbonyl (C=O) groups excluding carboxylic acids is 2. The van der Waals surface area contributed by atoms with Crippen molar-refractivity contribution >= 4 is 46.8 Å². The third-order valence-corrected chi connectivity index (χ3v) is 2.84. The average Bonchev–Trinajstić information content (AvgIpc) is 2.32. The number of carboxylic acids is 1. The second-order valence-corrected chi connectivity index (χ2v) is 5.03. The lowest BCUT2D eigenvalue weighted by Crippen LogP contribution is -2.43. The summed E-state index contributed by atoms with van der Waals surface area (Å²) in [6, 6.07) is 2.40. The zero-order valence-electron chi connectivity index (χ0n) is 10.7. The van der Waals surface area contributed by atoms with Gasteiger partial charge in [-0.3, -0.25) is 4.79 Å². The molecule has 0 spiro atoms. The number of aliphatic carboxylic acids is 1. The third-order valence-electron chi connectivity index (χ3n) is 2.40. The number of nitrogens with one attached hydrogen (secondary N) is 2. The highest BCUT2D eigenvalue weighted by atomic mass is 35.5. The highest BCUT2D eigenvalue weighted by Gasteiger charge is 2.20. The first-order chi connectivity index (χ1) is 9.77. The fraction of sp³-hybridized carbons (Fsp3) is 0.250. The zero-order chi connectivity index (χ0) is 16.0. The molecule has 0 aliphatic carbocycles. The van der Waals surface area contributed by atoms with E-state index in [0.717, 1.165) is 0 Å². The molecule has 3 amide bonds. The number of benzene rings is 1. The Bertz CT molecular complexity index is 545. The number of amides is 3. The summed E-state index contributed by atoms with van der Waals surface area (Å²) >= 11 is 11.5. The minimum atomic E-state index is -1.27. The Hall–Kier alpha value is -1.99. The van der Waals surface area contributed by atoms with Gasteiger partial charge >= 0.3 is 12.0 Å². The van der Waals surface area contributed by atoms with E-state index in [4.69, 9.17) is 34.0 Å². The molecule has 0 aliphatic heterocycles. The van der Waals surface area contributed by atoms with Gasteiger partial charge in [0.2, 0.25) is 5.91 Å². The van der Waals surface area contributed by atoms with Crippen molar-refractivity contribution in [3.63, 3.8) is 0 Å². The van der Waals surface area contributed by atoms with Gasteiger partial charge < -0.3 is 21.5 Å². The van der Waals surface area contributed by atoms with Crippen molar-refractivity contribution < 1.29 is 19.5 Å².